The molecule has 0 saturated heterocycles. The number of hydrogen-bond acceptors (Lipinski definition) is 3. The van der Waals surface area contributed by atoms with Crippen molar-refractivity contribution in [1.29, 1.82) is 0 Å². The number of nitrogens with zero attached hydrogens (tertiary/aromatic N) is 3. The molecule has 3 heterocycles. The first-order valence-electron chi connectivity index (χ1n) is 17.5. The molecule has 0 radical (unpaired) electrons. The molecule has 11 rings (SSSR count). The van der Waals surface area contributed by atoms with Crippen molar-refractivity contribution in [1.82, 2.24) is 14.5 Å². The molecule has 7 aromatic carbocycles. The Balaban J connectivity index is 1.26. The van der Waals surface area contributed by atoms with Crippen molar-refractivity contribution in [3.63, 3.8) is 0 Å². The molecule has 3 aromatic heterocycles. The molecule has 1 aliphatic carbocycles. The highest BCUT2D eigenvalue weighted by Gasteiger charge is 2.40. The highest BCUT2D eigenvalue weighted by molar-refractivity contribution is 7.26. The summed E-state index contributed by atoms with van der Waals surface area (Å²) in [5.41, 5.74) is 12.9. The summed E-state index contributed by atoms with van der Waals surface area (Å²) in [6.45, 7) is 4.81. The van der Waals surface area contributed by atoms with Crippen LogP contribution >= 0.6 is 11.3 Å². The van der Waals surface area contributed by atoms with E-state index in [0.29, 0.717) is 0 Å². The van der Waals surface area contributed by atoms with Crippen LogP contribution in [-0.2, 0) is 5.41 Å². The maximum Gasteiger partial charge on any atom is 0.160 e. The van der Waals surface area contributed by atoms with Gasteiger partial charge in [0.2, 0.25) is 0 Å². The zero-order valence-corrected chi connectivity index (χ0v) is 29.0. The Labute approximate surface area is 299 Å². The summed E-state index contributed by atoms with van der Waals surface area (Å²) in [4.78, 5) is 10.4. The van der Waals surface area contributed by atoms with Gasteiger partial charge in [-0.1, -0.05) is 135 Å². The van der Waals surface area contributed by atoms with Crippen molar-refractivity contribution in [3.8, 4) is 39.5 Å². The molecule has 0 atom stereocenters. The molecule has 0 fully saturated rings. The van der Waals surface area contributed by atoms with Crippen molar-refractivity contribution >= 4 is 64.2 Å². The minimum Gasteiger partial charge on any atom is -0.309 e. The lowest BCUT2D eigenvalue weighted by Gasteiger charge is -2.23. The molecule has 1 aliphatic rings. The van der Waals surface area contributed by atoms with E-state index in [9.17, 15) is 0 Å². The summed E-state index contributed by atoms with van der Waals surface area (Å²) < 4.78 is 5.18. The highest BCUT2D eigenvalue weighted by Crippen LogP contribution is 2.58. The van der Waals surface area contributed by atoms with Crippen LogP contribution in [0.5, 0.6) is 0 Å². The maximum atomic E-state index is 5.24. The summed E-state index contributed by atoms with van der Waals surface area (Å²) in [6, 6.07) is 54.5. The first-order chi connectivity index (χ1) is 25.1. The van der Waals surface area contributed by atoms with Crippen LogP contribution < -0.4 is 0 Å². The lowest BCUT2D eigenvalue weighted by atomic mass is 9.80. The smallest absolute Gasteiger partial charge is 0.160 e. The topological polar surface area (TPSA) is 30.7 Å². The minimum atomic E-state index is -0.169. The van der Waals surface area contributed by atoms with Gasteiger partial charge in [-0.15, -0.1) is 11.3 Å². The average Bonchev–Trinajstić information content (AvgIpc) is 3.80. The average molecular weight is 670 g/mol. The van der Waals surface area contributed by atoms with E-state index in [4.69, 9.17) is 9.97 Å². The standard InChI is InChI=1S/C47H31N3S/c1-47(2)35-23-10-6-19-31(35)40-42(47)39-33-21-8-12-25-37(33)50(44(39)41-34-22-9-13-26-38(34)51-45(40)41)30-18-14-17-29(27-30)46-48-36-24-11-7-20-32(36)43(49-46)28-15-4-3-5-16-28/h3-27H,1-2H3. The summed E-state index contributed by atoms with van der Waals surface area (Å²) in [5.74, 6) is 0.721. The zero-order chi connectivity index (χ0) is 33.8. The zero-order valence-electron chi connectivity index (χ0n) is 28.2. The number of para-hydroxylation sites is 2. The van der Waals surface area contributed by atoms with Gasteiger partial charge >= 0.3 is 0 Å². The van der Waals surface area contributed by atoms with E-state index in [1.165, 1.54) is 64.2 Å². The van der Waals surface area contributed by atoms with Crippen LogP contribution in [0.2, 0.25) is 0 Å². The van der Waals surface area contributed by atoms with Crippen molar-refractivity contribution in [3.05, 3.63) is 163 Å². The van der Waals surface area contributed by atoms with Crippen LogP contribution in [-0.4, -0.2) is 14.5 Å². The van der Waals surface area contributed by atoms with E-state index >= 15 is 0 Å². The molecule has 0 aliphatic heterocycles. The van der Waals surface area contributed by atoms with Crippen LogP contribution in [0.15, 0.2) is 152 Å². The Morgan fingerprint density at radius 2 is 1.29 bits per heavy atom. The first-order valence-corrected chi connectivity index (χ1v) is 18.3. The van der Waals surface area contributed by atoms with Gasteiger partial charge in [0.05, 0.1) is 22.2 Å². The number of hydrogen-bond donors (Lipinski definition) is 0. The molecule has 0 amide bonds. The fraction of sp³-hybridized carbons (Fsp3) is 0.0638. The largest absolute Gasteiger partial charge is 0.309 e. The van der Waals surface area contributed by atoms with Gasteiger partial charge in [-0.3, -0.25) is 0 Å². The van der Waals surface area contributed by atoms with E-state index in [0.717, 1.165) is 39.2 Å². The van der Waals surface area contributed by atoms with Crippen LogP contribution in [0.1, 0.15) is 25.0 Å². The summed E-state index contributed by atoms with van der Waals surface area (Å²) in [7, 11) is 0. The molecular formula is C47H31N3S. The molecular weight excluding hydrogens is 639 g/mol. The van der Waals surface area contributed by atoms with Gasteiger partial charge in [0.25, 0.3) is 0 Å². The fourth-order valence-corrected chi connectivity index (χ4v) is 10.0. The van der Waals surface area contributed by atoms with Gasteiger partial charge in [-0.05, 0) is 47.0 Å². The third-order valence-corrected chi connectivity index (χ3v) is 12.1. The van der Waals surface area contributed by atoms with Gasteiger partial charge in [0, 0.05) is 64.1 Å². The van der Waals surface area contributed by atoms with E-state index in [1.54, 1.807) is 0 Å². The monoisotopic (exact) mass is 669 g/mol. The summed E-state index contributed by atoms with van der Waals surface area (Å²) in [5, 5.41) is 6.30. The molecule has 0 spiro atoms. The normalized spacial score (nSPS) is 13.5. The van der Waals surface area contributed by atoms with Crippen LogP contribution in [0.4, 0.5) is 0 Å². The third-order valence-electron chi connectivity index (χ3n) is 10.9. The van der Waals surface area contributed by atoms with Crippen molar-refractivity contribution < 1.29 is 0 Å². The molecule has 0 saturated carbocycles. The number of rotatable bonds is 3. The number of aromatic nitrogens is 3. The first kappa shape index (κ1) is 28.7. The van der Waals surface area contributed by atoms with Gasteiger partial charge in [-0.25, -0.2) is 9.97 Å². The van der Waals surface area contributed by atoms with Gasteiger partial charge in [0.1, 0.15) is 0 Å². The van der Waals surface area contributed by atoms with Crippen LogP contribution in [0, 0.1) is 0 Å². The van der Waals surface area contributed by atoms with E-state index in [1.807, 2.05) is 17.4 Å². The Bertz CT molecular complexity index is 3060. The van der Waals surface area contributed by atoms with Crippen LogP contribution in [0.3, 0.4) is 0 Å². The predicted molar refractivity (Wildman–Crippen MR) is 215 cm³/mol. The molecule has 3 nitrogen and oxygen atoms in total. The lowest BCUT2D eigenvalue weighted by molar-refractivity contribution is 0.667. The fourth-order valence-electron chi connectivity index (χ4n) is 8.76. The SMILES string of the molecule is CC1(C)c2ccccc2-c2c1c1c3ccccc3n(-c3cccc(-c4nc(-c5ccccc5)c5ccccc5n4)c3)c1c1c2sc2ccccc21. The highest BCUT2D eigenvalue weighted by atomic mass is 32.1. The molecule has 10 aromatic rings. The maximum absolute atomic E-state index is 5.24. The Hall–Kier alpha value is -6.10. The Morgan fingerprint density at radius 1 is 0.588 bits per heavy atom. The lowest BCUT2D eigenvalue weighted by Crippen LogP contribution is -2.15. The second-order valence-corrected chi connectivity index (χ2v) is 15.2. The molecule has 0 unspecified atom stereocenters. The van der Waals surface area contributed by atoms with Gasteiger partial charge in [-0.2, -0.15) is 0 Å². The Morgan fingerprint density at radius 3 is 2.18 bits per heavy atom. The van der Waals surface area contributed by atoms with E-state index in [-0.39, 0.29) is 5.41 Å². The predicted octanol–water partition coefficient (Wildman–Crippen LogP) is 12.7. The second-order valence-electron chi connectivity index (χ2n) is 14.1. The summed E-state index contributed by atoms with van der Waals surface area (Å²) >= 11 is 1.93. The van der Waals surface area contributed by atoms with Gasteiger partial charge in [0.15, 0.2) is 5.82 Å². The summed E-state index contributed by atoms with van der Waals surface area (Å²) in [6.07, 6.45) is 0. The van der Waals surface area contributed by atoms with Crippen LogP contribution in [0.25, 0.3) is 92.3 Å². The quantitative estimate of drug-likeness (QED) is 0.187. The van der Waals surface area contributed by atoms with Gasteiger partial charge < -0.3 is 4.57 Å². The molecule has 240 valence electrons. The van der Waals surface area contributed by atoms with Crippen molar-refractivity contribution in [2.24, 2.45) is 0 Å². The number of thiophene rings is 1. The van der Waals surface area contributed by atoms with Crippen molar-refractivity contribution in [2.45, 2.75) is 19.3 Å². The van der Waals surface area contributed by atoms with E-state index < -0.39 is 0 Å². The van der Waals surface area contributed by atoms with E-state index in [2.05, 4.69) is 164 Å². The molecule has 51 heavy (non-hydrogen) atoms. The number of benzene rings is 7. The molecule has 0 bridgehead atoms. The molecule has 0 N–H and O–H groups in total. The third kappa shape index (κ3) is 3.94. The second kappa shape index (κ2) is 10.5. The molecule has 4 heteroatoms. The Kier molecular flexibility index (Phi) is 5.89. The van der Waals surface area contributed by atoms with Crippen molar-refractivity contribution in [2.75, 3.05) is 0 Å². The number of fused-ring (bicyclic) bond motifs is 13. The minimum absolute atomic E-state index is 0.169.